The number of hydrogen-bond acceptors (Lipinski definition) is 2. The Kier molecular flexibility index (Phi) is 4.99. The zero-order chi connectivity index (χ0) is 12.8. The Balaban J connectivity index is 3.13. The van der Waals surface area contributed by atoms with Crippen molar-refractivity contribution in [2.24, 2.45) is 5.73 Å². The van der Waals surface area contributed by atoms with Crippen LogP contribution in [-0.2, 0) is 0 Å². The highest BCUT2D eigenvalue weighted by Gasteiger charge is 2.13. The van der Waals surface area contributed by atoms with Gasteiger partial charge in [-0.05, 0) is 37.1 Å². The summed E-state index contributed by atoms with van der Waals surface area (Å²) >= 11 is 0. The first-order chi connectivity index (χ1) is 8.10. The van der Waals surface area contributed by atoms with Crippen LogP contribution in [-0.4, -0.2) is 13.1 Å². The Labute approximate surface area is 103 Å². The summed E-state index contributed by atoms with van der Waals surface area (Å²) in [6, 6.07) is 4.47. The minimum Gasteiger partial charge on any atom is -0.360 e. The van der Waals surface area contributed by atoms with Crippen molar-refractivity contribution in [2.45, 2.75) is 26.3 Å². The van der Waals surface area contributed by atoms with Gasteiger partial charge in [-0.25, -0.2) is 4.39 Å². The smallest absolute Gasteiger partial charge is 0.123 e. The molecule has 92 valence electrons. The minimum atomic E-state index is -0.266. The fraction of sp³-hybridized carbons (Fsp3) is 0.429. The molecule has 0 fully saturated rings. The van der Waals surface area contributed by atoms with E-state index < -0.39 is 0 Å². The number of rotatable bonds is 5. The second-order valence-corrected chi connectivity index (χ2v) is 4.12. The van der Waals surface area contributed by atoms with Crippen molar-refractivity contribution in [1.82, 2.24) is 0 Å². The number of terminal acetylenes is 1. The van der Waals surface area contributed by atoms with Gasteiger partial charge >= 0.3 is 0 Å². The normalized spacial score (nSPS) is 11.9. The molecule has 0 amide bonds. The molecular weight excluding hydrogens is 215 g/mol. The van der Waals surface area contributed by atoms with Gasteiger partial charge in [0.15, 0.2) is 0 Å². The van der Waals surface area contributed by atoms with Crippen LogP contribution in [0.25, 0.3) is 0 Å². The zero-order valence-corrected chi connectivity index (χ0v) is 10.4. The summed E-state index contributed by atoms with van der Waals surface area (Å²) in [6.07, 6.45) is 6.34. The van der Waals surface area contributed by atoms with Crippen molar-refractivity contribution < 1.29 is 4.39 Å². The first kappa shape index (κ1) is 13.5. The molecule has 0 aliphatic heterocycles. The number of anilines is 1. The third kappa shape index (κ3) is 3.47. The Hall–Kier alpha value is -1.53. The Morgan fingerprint density at radius 1 is 1.53 bits per heavy atom. The van der Waals surface area contributed by atoms with Gasteiger partial charge < -0.3 is 10.6 Å². The van der Waals surface area contributed by atoms with Crippen LogP contribution < -0.4 is 10.6 Å². The van der Waals surface area contributed by atoms with E-state index in [2.05, 4.69) is 17.7 Å². The summed E-state index contributed by atoms with van der Waals surface area (Å²) in [5, 5.41) is 0. The number of nitrogens with two attached hydrogens (primary N) is 1. The van der Waals surface area contributed by atoms with E-state index >= 15 is 0 Å². The minimum absolute atomic E-state index is 0.210. The third-order valence-corrected chi connectivity index (χ3v) is 2.60. The molecule has 1 aromatic carbocycles. The Morgan fingerprint density at radius 3 is 2.76 bits per heavy atom. The SMILES string of the molecule is C#CCN(CCC)c1ccc(F)cc1[C@H](C)N. The molecule has 0 aliphatic carbocycles. The molecule has 1 aromatic rings. The quantitative estimate of drug-likeness (QED) is 0.794. The molecule has 2 nitrogen and oxygen atoms in total. The van der Waals surface area contributed by atoms with Crippen molar-refractivity contribution in [3.05, 3.63) is 29.6 Å². The molecule has 1 atom stereocenters. The molecule has 2 N–H and O–H groups in total. The molecule has 0 spiro atoms. The second-order valence-electron chi connectivity index (χ2n) is 4.12. The van der Waals surface area contributed by atoms with Gasteiger partial charge in [-0.15, -0.1) is 6.42 Å². The number of benzene rings is 1. The monoisotopic (exact) mass is 234 g/mol. The van der Waals surface area contributed by atoms with Crippen LogP contribution in [0.4, 0.5) is 10.1 Å². The number of nitrogens with zero attached hydrogens (tertiary/aromatic N) is 1. The molecule has 0 radical (unpaired) electrons. The van der Waals surface area contributed by atoms with E-state index in [9.17, 15) is 4.39 Å². The molecular formula is C14H19FN2. The molecule has 1 rings (SSSR count). The van der Waals surface area contributed by atoms with E-state index in [0.717, 1.165) is 24.2 Å². The van der Waals surface area contributed by atoms with Crippen LogP contribution in [0.5, 0.6) is 0 Å². The molecule has 0 saturated carbocycles. The highest BCUT2D eigenvalue weighted by atomic mass is 19.1. The van der Waals surface area contributed by atoms with Gasteiger partial charge in [0.1, 0.15) is 5.82 Å². The maximum Gasteiger partial charge on any atom is 0.123 e. The predicted octanol–water partition coefficient (Wildman–Crippen LogP) is 2.70. The van der Waals surface area contributed by atoms with Crippen LogP contribution >= 0.6 is 0 Å². The van der Waals surface area contributed by atoms with Crippen molar-refractivity contribution in [3.8, 4) is 12.3 Å². The van der Waals surface area contributed by atoms with E-state index in [1.807, 2.05) is 6.92 Å². The van der Waals surface area contributed by atoms with Crippen molar-refractivity contribution in [2.75, 3.05) is 18.0 Å². The topological polar surface area (TPSA) is 29.3 Å². The lowest BCUT2D eigenvalue weighted by Gasteiger charge is -2.26. The second kappa shape index (κ2) is 6.27. The van der Waals surface area contributed by atoms with Gasteiger partial charge in [-0.1, -0.05) is 12.8 Å². The predicted molar refractivity (Wildman–Crippen MR) is 70.3 cm³/mol. The van der Waals surface area contributed by atoms with Crippen molar-refractivity contribution >= 4 is 5.69 Å². The van der Waals surface area contributed by atoms with E-state index in [1.54, 1.807) is 6.07 Å². The highest BCUT2D eigenvalue weighted by molar-refractivity contribution is 5.55. The molecule has 0 heterocycles. The molecule has 17 heavy (non-hydrogen) atoms. The van der Waals surface area contributed by atoms with Crippen LogP contribution in [0.15, 0.2) is 18.2 Å². The fourth-order valence-electron chi connectivity index (χ4n) is 1.84. The van der Waals surface area contributed by atoms with E-state index in [4.69, 9.17) is 12.2 Å². The zero-order valence-electron chi connectivity index (χ0n) is 10.4. The van der Waals surface area contributed by atoms with Crippen LogP contribution in [0.1, 0.15) is 31.9 Å². The maximum absolute atomic E-state index is 13.2. The lowest BCUT2D eigenvalue weighted by Crippen LogP contribution is -2.26. The number of hydrogen-bond donors (Lipinski definition) is 1. The fourth-order valence-corrected chi connectivity index (χ4v) is 1.84. The van der Waals surface area contributed by atoms with Crippen LogP contribution in [0, 0.1) is 18.2 Å². The van der Waals surface area contributed by atoms with Gasteiger partial charge in [-0.2, -0.15) is 0 Å². The van der Waals surface area contributed by atoms with Gasteiger partial charge in [0.2, 0.25) is 0 Å². The average Bonchev–Trinajstić information content (AvgIpc) is 2.28. The summed E-state index contributed by atoms with van der Waals surface area (Å²) in [5.41, 5.74) is 7.60. The lowest BCUT2D eigenvalue weighted by molar-refractivity contribution is 0.621. The Morgan fingerprint density at radius 2 is 2.24 bits per heavy atom. The first-order valence-electron chi connectivity index (χ1n) is 5.83. The molecule has 3 heteroatoms. The van der Waals surface area contributed by atoms with Crippen LogP contribution in [0.3, 0.4) is 0 Å². The van der Waals surface area contributed by atoms with Crippen LogP contribution in [0.2, 0.25) is 0 Å². The van der Waals surface area contributed by atoms with Gasteiger partial charge in [0, 0.05) is 18.3 Å². The summed E-state index contributed by atoms with van der Waals surface area (Å²) in [6.45, 7) is 5.28. The maximum atomic E-state index is 13.2. The summed E-state index contributed by atoms with van der Waals surface area (Å²) in [7, 11) is 0. The molecule has 0 aliphatic rings. The van der Waals surface area contributed by atoms with Crippen molar-refractivity contribution in [3.63, 3.8) is 0 Å². The summed E-state index contributed by atoms with van der Waals surface area (Å²) in [5.74, 6) is 2.36. The average molecular weight is 234 g/mol. The molecule has 0 bridgehead atoms. The standard InChI is InChI=1S/C14H19FN2/c1-4-8-17(9-5-2)14-7-6-12(15)10-13(14)11(3)16/h1,6-7,10-11H,5,8-9,16H2,2-3H3/t11-/m0/s1. The summed E-state index contributed by atoms with van der Waals surface area (Å²) in [4.78, 5) is 2.05. The van der Waals surface area contributed by atoms with Gasteiger partial charge in [0.05, 0.1) is 6.54 Å². The van der Waals surface area contributed by atoms with E-state index in [0.29, 0.717) is 6.54 Å². The number of halogens is 1. The first-order valence-corrected chi connectivity index (χ1v) is 5.83. The summed E-state index contributed by atoms with van der Waals surface area (Å²) < 4.78 is 13.2. The molecule has 0 saturated heterocycles. The Bertz CT molecular complexity index is 407. The third-order valence-electron chi connectivity index (χ3n) is 2.60. The van der Waals surface area contributed by atoms with Gasteiger partial charge in [0.25, 0.3) is 0 Å². The van der Waals surface area contributed by atoms with Gasteiger partial charge in [-0.3, -0.25) is 0 Å². The van der Waals surface area contributed by atoms with E-state index in [-0.39, 0.29) is 11.9 Å². The molecule has 0 unspecified atom stereocenters. The highest BCUT2D eigenvalue weighted by Crippen LogP contribution is 2.26. The largest absolute Gasteiger partial charge is 0.360 e. The van der Waals surface area contributed by atoms with Crippen molar-refractivity contribution in [1.29, 1.82) is 0 Å². The molecule has 0 aromatic heterocycles. The van der Waals surface area contributed by atoms with E-state index in [1.165, 1.54) is 12.1 Å². The lowest BCUT2D eigenvalue weighted by atomic mass is 10.1.